The molecule has 1 aliphatic heterocycles. The summed E-state index contributed by atoms with van der Waals surface area (Å²) in [5.41, 5.74) is 2.64. The Morgan fingerprint density at radius 1 is 1.09 bits per heavy atom. The molecule has 2 aromatic carbocycles. The van der Waals surface area contributed by atoms with Crippen molar-refractivity contribution in [2.75, 3.05) is 42.5 Å². The molecular formula is C24H23FN6O. The van der Waals surface area contributed by atoms with Crippen LogP contribution >= 0.6 is 0 Å². The van der Waals surface area contributed by atoms with E-state index in [-0.39, 0.29) is 12.4 Å². The van der Waals surface area contributed by atoms with Crippen molar-refractivity contribution in [3.05, 3.63) is 72.7 Å². The van der Waals surface area contributed by atoms with Crippen LogP contribution in [0.4, 0.5) is 15.9 Å². The van der Waals surface area contributed by atoms with E-state index in [1.54, 1.807) is 18.2 Å². The van der Waals surface area contributed by atoms with Crippen LogP contribution in [0.25, 0.3) is 11.0 Å². The molecule has 4 rings (SSSR count). The van der Waals surface area contributed by atoms with Gasteiger partial charge >= 0.3 is 0 Å². The largest absolute Gasteiger partial charge is 0.368 e. The van der Waals surface area contributed by atoms with Gasteiger partial charge in [-0.2, -0.15) is 5.26 Å². The topological polar surface area (TPSA) is 85.1 Å². The van der Waals surface area contributed by atoms with E-state index in [2.05, 4.69) is 32.7 Å². The van der Waals surface area contributed by atoms with Gasteiger partial charge in [0.15, 0.2) is 11.7 Å². The molecular weight excluding hydrogens is 407 g/mol. The molecule has 0 aliphatic carbocycles. The number of carbonyl (C=O) groups is 1. The Labute approximate surface area is 185 Å². The van der Waals surface area contributed by atoms with Gasteiger partial charge in [-0.25, -0.2) is 14.4 Å². The second kappa shape index (κ2) is 9.43. The van der Waals surface area contributed by atoms with E-state index in [4.69, 9.17) is 4.98 Å². The lowest BCUT2D eigenvalue weighted by Crippen LogP contribution is -2.47. The molecule has 0 bridgehead atoms. The third-order valence-corrected chi connectivity index (χ3v) is 5.43. The Bertz CT molecular complexity index is 1170. The summed E-state index contributed by atoms with van der Waals surface area (Å²) in [6, 6.07) is 15.9. The first-order valence-electron chi connectivity index (χ1n) is 10.4. The average Bonchev–Trinajstić information content (AvgIpc) is 2.83. The molecule has 1 atom stereocenters. The molecule has 1 fully saturated rings. The van der Waals surface area contributed by atoms with Crippen LogP contribution in [0.5, 0.6) is 0 Å². The second-order valence-electron chi connectivity index (χ2n) is 7.47. The summed E-state index contributed by atoms with van der Waals surface area (Å²) >= 11 is 0. The molecule has 1 N–H and O–H groups in total. The molecule has 1 amide bonds. The zero-order valence-electron chi connectivity index (χ0n) is 17.5. The first-order chi connectivity index (χ1) is 15.6. The Hall–Kier alpha value is -3.99. The Morgan fingerprint density at radius 2 is 1.72 bits per heavy atom. The van der Waals surface area contributed by atoms with Crippen LogP contribution in [-0.4, -0.2) is 48.6 Å². The maximum atomic E-state index is 13.3. The Kier molecular flexibility index (Phi) is 6.26. The lowest BCUT2D eigenvalue weighted by atomic mass is 10.0. The fourth-order valence-corrected chi connectivity index (χ4v) is 3.78. The van der Waals surface area contributed by atoms with Crippen molar-refractivity contribution in [3.8, 4) is 6.07 Å². The highest BCUT2D eigenvalue weighted by molar-refractivity contribution is 5.89. The van der Waals surface area contributed by atoms with E-state index in [9.17, 15) is 14.4 Å². The minimum Gasteiger partial charge on any atom is -0.368 e. The van der Waals surface area contributed by atoms with E-state index in [1.165, 1.54) is 12.1 Å². The van der Waals surface area contributed by atoms with Crippen LogP contribution in [0.1, 0.15) is 11.6 Å². The highest BCUT2D eigenvalue weighted by atomic mass is 19.1. The maximum Gasteiger partial charge on any atom is 0.243 e. The standard InChI is InChI=1S/C24H23FN6O/c1-2-11-27-24(32)19(16-26)22-23(29-21-6-4-3-5-20(21)28-22)31-14-12-30(13-15-31)18-9-7-17(25)8-10-18/h2-10,19H,1,11-15H2,(H,27,32)/t19-/m1/s1. The highest BCUT2D eigenvalue weighted by Crippen LogP contribution is 2.29. The van der Waals surface area contributed by atoms with E-state index in [0.717, 1.165) is 5.69 Å². The van der Waals surface area contributed by atoms with Crippen molar-refractivity contribution >= 4 is 28.4 Å². The fourth-order valence-electron chi connectivity index (χ4n) is 3.78. The van der Waals surface area contributed by atoms with Crippen LogP contribution in [0, 0.1) is 17.1 Å². The predicted octanol–water partition coefficient (Wildman–Crippen LogP) is 3.00. The number of hydrogen-bond donors (Lipinski definition) is 1. The fraction of sp³-hybridized carbons (Fsp3) is 0.250. The normalized spacial score (nSPS) is 14.6. The molecule has 32 heavy (non-hydrogen) atoms. The molecule has 1 aromatic heterocycles. The van der Waals surface area contributed by atoms with E-state index in [1.807, 2.05) is 24.3 Å². The number of benzene rings is 2. The first kappa shape index (κ1) is 21.2. The lowest BCUT2D eigenvalue weighted by Gasteiger charge is -2.37. The monoisotopic (exact) mass is 430 g/mol. The number of amides is 1. The zero-order valence-corrected chi connectivity index (χ0v) is 17.5. The molecule has 8 heteroatoms. The van der Waals surface area contributed by atoms with Crippen molar-refractivity contribution in [1.29, 1.82) is 5.26 Å². The molecule has 1 aliphatic rings. The second-order valence-corrected chi connectivity index (χ2v) is 7.47. The van der Waals surface area contributed by atoms with Gasteiger partial charge < -0.3 is 15.1 Å². The molecule has 3 aromatic rings. The summed E-state index contributed by atoms with van der Waals surface area (Å²) in [4.78, 5) is 26.3. The van der Waals surface area contributed by atoms with Crippen molar-refractivity contribution in [2.24, 2.45) is 0 Å². The number of nitrogens with zero attached hydrogens (tertiary/aromatic N) is 5. The van der Waals surface area contributed by atoms with Crippen LogP contribution in [0.3, 0.4) is 0 Å². The number of aromatic nitrogens is 2. The van der Waals surface area contributed by atoms with Crippen LogP contribution in [-0.2, 0) is 4.79 Å². The molecule has 0 unspecified atom stereocenters. The summed E-state index contributed by atoms with van der Waals surface area (Å²) in [7, 11) is 0. The highest BCUT2D eigenvalue weighted by Gasteiger charge is 2.30. The Morgan fingerprint density at radius 3 is 2.34 bits per heavy atom. The minimum atomic E-state index is -1.09. The van der Waals surface area contributed by atoms with E-state index >= 15 is 0 Å². The SMILES string of the molecule is C=CCNC(=O)[C@H](C#N)c1nc2ccccc2nc1N1CCN(c2ccc(F)cc2)CC1. The third-order valence-electron chi connectivity index (χ3n) is 5.43. The minimum absolute atomic E-state index is 0.263. The van der Waals surface area contributed by atoms with Crippen LogP contribution in [0.2, 0.25) is 0 Å². The quantitative estimate of drug-likeness (QED) is 0.605. The van der Waals surface area contributed by atoms with Gasteiger partial charge in [0.1, 0.15) is 11.5 Å². The molecule has 2 heterocycles. The van der Waals surface area contributed by atoms with Crippen molar-refractivity contribution in [1.82, 2.24) is 15.3 Å². The van der Waals surface area contributed by atoms with Gasteiger partial charge in [0, 0.05) is 38.4 Å². The molecule has 0 saturated carbocycles. The number of anilines is 2. The van der Waals surface area contributed by atoms with Gasteiger partial charge in [-0.3, -0.25) is 4.79 Å². The first-order valence-corrected chi connectivity index (χ1v) is 10.4. The molecule has 162 valence electrons. The van der Waals surface area contributed by atoms with Gasteiger partial charge in [-0.15, -0.1) is 6.58 Å². The van der Waals surface area contributed by atoms with Crippen molar-refractivity contribution in [3.63, 3.8) is 0 Å². The van der Waals surface area contributed by atoms with Gasteiger partial charge in [-0.1, -0.05) is 18.2 Å². The summed E-state index contributed by atoms with van der Waals surface area (Å²) in [6.45, 7) is 6.51. The van der Waals surface area contributed by atoms with Crippen LogP contribution in [0.15, 0.2) is 61.2 Å². The summed E-state index contributed by atoms with van der Waals surface area (Å²) in [5.74, 6) is -1.23. The van der Waals surface area contributed by atoms with Gasteiger partial charge in [0.2, 0.25) is 5.91 Å². The number of rotatable bonds is 6. The summed E-state index contributed by atoms with van der Waals surface area (Å²) in [5, 5.41) is 12.5. The van der Waals surface area contributed by atoms with Gasteiger partial charge in [-0.05, 0) is 36.4 Å². The van der Waals surface area contributed by atoms with Crippen molar-refractivity contribution < 1.29 is 9.18 Å². The predicted molar refractivity (Wildman–Crippen MR) is 122 cm³/mol. The number of halogens is 1. The number of nitriles is 1. The lowest BCUT2D eigenvalue weighted by molar-refractivity contribution is -0.121. The summed E-state index contributed by atoms with van der Waals surface area (Å²) < 4.78 is 13.3. The summed E-state index contributed by atoms with van der Waals surface area (Å²) in [6.07, 6.45) is 1.56. The zero-order chi connectivity index (χ0) is 22.5. The molecule has 1 saturated heterocycles. The smallest absolute Gasteiger partial charge is 0.243 e. The van der Waals surface area contributed by atoms with Crippen molar-refractivity contribution in [2.45, 2.75) is 5.92 Å². The molecule has 7 nitrogen and oxygen atoms in total. The third kappa shape index (κ3) is 4.37. The average molecular weight is 430 g/mol. The van der Waals surface area contributed by atoms with Crippen LogP contribution < -0.4 is 15.1 Å². The van der Waals surface area contributed by atoms with E-state index in [0.29, 0.717) is 48.7 Å². The number of piperazine rings is 1. The number of carbonyl (C=O) groups excluding carboxylic acids is 1. The van der Waals surface area contributed by atoms with E-state index < -0.39 is 11.8 Å². The maximum absolute atomic E-state index is 13.3. The molecule has 0 radical (unpaired) electrons. The number of para-hydroxylation sites is 2. The number of hydrogen-bond acceptors (Lipinski definition) is 6. The molecule has 0 spiro atoms. The van der Waals surface area contributed by atoms with Gasteiger partial charge in [0.25, 0.3) is 0 Å². The number of fused-ring (bicyclic) bond motifs is 1. The van der Waals surface area contributed by atoms with Gasteiger partial charge in [0.05, 0.1) is 17.1 Å². The number of nitrogens with one attached hydrogen (secondary N) is 1. The Balaban J connectivity index is 1.64.